The molecule has 0 aliphatic carbocycles. The molecule has 0 aromatic heterocycles. The molecule has 0 spiro atoms. The van der Waals surface area contributed by atoms with Gasteiger partial charge in [-0.15, -0.1) is 0 Å². The van der Waals surface area contributed by atoms with E-state index in [1.165, 1.54) is 7.11 Å². The van der Waals surface area contributed by atoms with Gasteiger partial charge in [0.1, 0.15) is 24.8 Å². The zero-order valence-electron chi connectivity index (χ0n) is 21.1. The lowest BCUT2D eigenvalue weighted by atomic mass is 9.90. The molecule has 200 valence electrons. The summed E-state index contributed by atoms with van der Waals surface area (Å²) in [6.07, 6.45) is -2.81. The summed E-state index contributed by atoms with van der Waals surface area (Å²) in [7, 11) is 6.19. The molecule has 2 aromatic carbocycles. The molecular formula is C26H36O10. The fourth-order valence-electron chi connectivity index (χ4n) is 4.07. The minimum absolute atomic E-state index is 0.0915. The van der Waals surface area contributed by atoms with Gasteiger partial charge in [0.15, 0.2) is 25.1 Å². The van der Waals surface area contributed by atoms with Gasteiger partial charge in [-0.2, -0.15) is 0 Å². The van der Waals surface area contributed by atoms with E-state index in [9.17, 15) is 10.2 Å². The van der Waals surface area contributed by atoms with Crippen molar-refractivity contribution in [2.45, 2.75) is 43.4 Å². The van der Waals surface area contributed by atoms with Gasteiger partial charge in [0.2, 0.25) is 0 Å². The SMILES string of the molecule is COCOc1ccc([C@@H](O)[C@H](O)[C@@H]2C[C@@H](OCOC)C[C@H](c3ccc(OCOC)c(OC)c3)O2)cc1. The van der Waals surface area contributed by atoms with Crippen molar-refractivity contribution in [3.8, 4) is 17.2 Å². The molecule has 1 aliphatic heterocycles. The van der Waals surface area contributed by atoms with Crippen LogP contribution >= 0.6 is 0 Å². The van der Waals surface area contributed by atoms with Crippen molar-refractivity contribution in [3.05, 3.63) is 53.6 Å². The summed E-state index contributed by atoms with van der Waals surface area (Å²) in [6, 6.07) is 12.3. The van der Waals surface area contributed by atoms with Crippen LogP contribution in [-0.2, 0) is 23.7 Å². The molecule has 3 rings (SSSR count). The quantitative estimate of drug-likeness (QED) is 0.369. The minimum atomic E-state index is -1.20. The second kappa shape index (κ2) is 14.3. The molecule has 0 saturated carbocycles. The van der Waals surface area contributed by atoms with Crippen molar-refractivity contribution in [1.29, 1.82) is 0 Å². The van der Waals surface area contributed by atoms with Gasteiger partial charge in [-0.25, -0.2) is 0 Å². The minimum Gasteiger partial charge on any atom is -0.493 e. The Bertz CT molecular complexity index is 906. The monoisotopic (exact) mass is 508 g/mol. The lowest BCUT2D eigenvalue weighted by Gasteiger charge is -2.38. The molecule has 2 aromatic rings. The van der Waals surface area contributed by atoms with Crippen LogP contribution in [0.5, 0.6) is 17.2 Å². The lowest BCUT2D eigenvalue weighted by Crippen LogP contribution is -2.42. The predicted octanol–water partition coefficient (Wildman–Crippen LogP) is 2.96. The van der Waals surface area contributed by atoms with Crippen molar-refractivity contribution in [1.82, 2.24) is 0 Å². The summed E-state index contributed by atoms with van der Waals surface area (Å²) < 4.78 is 43.5. The number of aliphatic hydroxyl groups is 2. The van der Waals surface area contributed by atoms with E-state index in [1.807, 2.05) is 12.1 Å². The molecule has 0 bridgehead atoms. The van der Waals surface area contributed by atoms with Gasteiger partial charge in [-0.1, -0.05) is 18.2 Å². The first-order chi connectivity index (χ1) is 17.5. The van der Waals surface area contributed by atoms with Crippen LogP contribution in [0.1, 0.15) is 36.2 Å². The molecular weight excluding hydrogens is 472 g/mol. The zero-order chi connectivity index (χ0) is 25.9. The fraction of sp³-hybridized carbons (Fsp3) is 0.538. The highest BCUT2D eigenvalue weighted by Gasteiger charge is 2.38. The van der Waals surface area contributed by atoms with Gasteiger partial charge >= 0.3 is 0 Å². The van der Waals surface area contributed by atoms with E-state index in [0.29, 0.717) is 35.7 Å². The highest BCUT2D eigenvalue weighted by molar-refractivity contribution is 5.43. The van der Waals surface area contributed by atoms with Crippen LogP contribution in [0.25, 0.3) is 0 Å². The van der Waals surface area contributed by atoms with E-state index in [2.05, 4.69) is 0 Å². The zero-order valence-corrected chi connectivity index (χ0v) is 21.1. The van der Waals surface area contributed by atoms with Gasteiger partial charge in [-0.05, 0) is 35.4 Å². The molecule has 1 heterocycles. The van der Waals surface area contributed by atoms with Crippen LogP contribution in [0.15, 0.2) is 42.5 Å². The van der Waals surface area contributed by atoms with Crippen LogP contribution in [0.3, 0.4) is 0 Å². The maximum Gasteiger partial charge on any atom is 0.188 e. The van der Waals surface area contributed by atoms with Crippen LogP contribution in [-0.4, -0.2) is 77.3 Å². The molecule has 0 unspecified atom stereocenters. The summed E-state index contributed by atoms with van der Waals surface area (Å²) in [5, 5.41) is 22.0. The Balaban J connectivity index is 1.77. The van der Waals surface area contributed by atoms with Gasteiger partial charge in [0.25, 0.3) is 0 Å². The van der Waals surface area contributed by atoms with E-state index in [4.69, 9.17) is 37.9 Å². The number of ether oxygens (including phenoxy) is 8. The van der Waals surface area contributed by atoms with Crippen LogP contribution in [0.4, 0.5) is 0 Å². The molecule has 1 fully saturated rings. The van der Waals surface area contributed by atoms with E-state index in [1.54, 1.807) is 51.7 Å². The van der Waals surface area contributed by atoms with Crippen molar-refractivity contribution >= 4 is 0 Å². The van der Waals surface area contributed by atoms with Gasteiger partial charge in [0.05, 0.1) is 25.4 Å². The normalized spacial score (nSPS) is 21.6. The van der Waals surface area contributed by atoms with Crippen molar-refractivity contribution in [2.75, 3.05) is 48.8 Å². The molecule has 2 N–H and O–H groups in total. The van der Waals surface area contributed by atoms with Crippen LogP contribution in [0.2, 0.25) is 0 Å². The third-order valence-corrected chi connectivity index (χ3v) is 5.89. The maximum absolute atomic E-state index is 11.1. The van der Waals surface area contributed by atoms with Crippen LogP contribution < -0.4 is 14.2 Å². The Labute approximate surface area is 211 Å². The molecule has 5 atom stereocenters. The van der Waals surface area contributed by atoms with Gasteiger partial charge < -0.3 is 48.1 Å². The standard InChI is InChI=1S/C26H36O10/c1-29-14-33-19-8-5-17(6-9-19)25(27)26(28)24-13-20(34-15-30-2)12-22(36-24)18-7-10-21(35-16-31-3)23(11-18)32-4/h5-11,20,22,24-28H,12-16H2,1-4H3/t20-,22+,24-,25+,26+/m0/s1. The fourth-order valence-corrected chi connectivity index (χ4v) is 4.07. The molecule has 1 saturated heterocycles. The highest BCUT2D eigenvalue weighted by atomic mass is 16.7. The first kappa shape index (κ1) is 28.1. The first-order valence-corrected chi connectivity index (χ1v) is 11.6. The third-order valence-electron chi connectivity index (χ3n) is 5.89. The van der Waals surface area contributed by atoms with Crippen LogP contribution in [0, 0.1) is 0 Å². The summed E-state index contributed by atoms with van der Waals surface area (Å²) in [5.74, 6) is 1.66. The van der Waals surface area contributed by atoms with E-state index in [-0.39, 0.29) is 26.5 Å². The second-order valence-corrected chi connectivity index (χ2v) is 8.35. The second-order valence-electron chi connectivity index (χ2n) is 8.35. The van der Waals surface area contributed by atoms with Crippen molar-refractivity contribution < 1.29 is 48.1 Å². The average Bonchev–Trinajstić information content (AvgIpc) is 2.93. The number of rotatable bonds is 14. The number of methoxy groups -OCH3 is 4. The Kier molecular flexibility index (Phi) is 11.2. The summed E-state index contributed by atoms with van der Waals surface area (Å²) >= 11 is 0. The summed E-state index contributed by atoms with van der Waals surface area (Å²) in [4.78, 5) is 0. The maximum atomic E-state index is 11.1. The molecule has 0 amide bonds. The largest absolute Gasteiger partial charge is 0.493 e. The highest BCUT2D eigenvalue weighted by Crippen LogP contribution is 2.39. The number of aliphatic hydroxyl groups excluding tert-OH is 2. The van der Waals surface area contributed by atoms with E-state index in [0.717, 1.165) is 5.56 Å². The average molecular weight is 509 g/mol. The Hall–Kier alpha value is -2.44. The van der Waals surface area contributed by atoms with E-state index >= 15 is 0 Å². The topological polar surface area (TPSA) is 114 Å². The first-order valence-electron chi connectivity index (χ1n) is 11.6. The summed E-state index contributed by atoms with van der Waals surface area (Å²) in [6.45, 7) is 0.321. The van der Waals surface area contributed by atoms with Crippen molar-refractivity contribution in [3.63, 3.8) is 0 Å². The van der Waals surface area contributed by atoms with Crippen molar-refractivity contribution in [2.24, 2.45) is 0 Å². The molecule has 1 aliphatic rings. The number of hydrogen-bond acceptors (Lipinski definition) is 10. The van der Waals surface area contributed by atoms with E-state index < -0.39 is 24.4 Å². The smallest absolute Gasteiger partial charge is 0.188 e. The molecule has 10 nitrogen and oxygen atoms in total. The Morgan fingerprint density at radius 1 is 0.833 bits per heavy atom. The molecule has 0 radical (unpaired) electrons. The number of benzene rings is 2. The van der Waals surface area contributed by atoms with Gasteiger partial charge in [0, 0.05) is 34.2 Å². The molecule has 10 heteroatoms. The molecule has 36 heavy (non-hydrogen) atoms. The van der Waals surface area contributed by atoms with Gasteiger partial charge in [-0.3, -0.25) is 0 Å². The lowest BCUT2D eigenvalue weighted by molar-refractivity contribution is -0.187. The number of hydrogen-bond donors (Lipinski definition) is 2. The third kappa shape index (κ3) is 7.53. The Morgan fingerprint density at radius 2 is 1.53 bits per heavy atom. The Morgan fingerprint density at radius 3 is 2.19 bits per heavy atom. The summed E-state index contributed by atoms with van der Waals surface area (Å²) in [5.41, 5.74) is 1.36. The predicted molar refractivity (Wildman–Crippen MR) is 129 cm³/mol.